The molecule has 1 aromatic rings. The molecule has 2 rings (SSSR count). The molecule has 15 heavy (non-hydrogen) atoms. The zero-order chi connectivity index (χ0) is 10.7. The van der Waals surface area contributed by atoms with Crippen molar-refractivity contribution < 1.29 is 9.59 Å². The maximum atomic E-state index is 11.7. The second kappa shape index (κ2) is 4.26. The molecule has 1 amide bonds. The Bertz CT molecular complexity index is 357. The summed E-state index contributed by atoms with van der Waals surface area (Å²) >= 11 is 0. The van der Waals surface area contributed by atoms with Crippen LogP contribution in [0.1, 0.15) is 24.3 Å². The van der Waals surface area contributed by atoms with Crippen LogP contribution < -0.4 is 5.32 Å². The fourth-order valence-electron chi connectivity index (χ4n) is 1.47. The first kappa shape index (κ1) is 9.90. The molecule has 1 N–H and O–H groups in total. The molecule has 0 radical (unpaired) electrons. The minimum absolute atomic E-state index is 0.182. The van der Waals surface area contributed by atoms with Gasteiger partial charge in [-0.3, -0.25) is 4.79 Å². The van der Waals surface area contributed by atoms with E-state index in [0.717, 1.165) is 18.4 Å². The lowest BCUT2D eigenvalue weighted by molar-refractivity contribution is -0.126. The highest BCUT2D eigenvalue weighted by Gasteiger charge is 2.27. The van der Waals surface area contributed by atoms with Gasteiger partial charge in [-0.25, -0.2) is 0 Å². The van der Waals surface area contributed by atoms with E-state index in [0.29, 0.717) is 12.3 Å². The van der Waals surface area contributed by atoms with Crippen LogP contribution in [-0.2, 0) is 9.59 Å². The van der Waals surface area contributed by atoms with Crippen molar-refractivity contribution in [2.75, 3.05) is 0 Å². The molecule has 1 aliphatic rings. The van der Waals surface area contributed by atoms with E-state index < -0.39 is 5.92 Å². The lowest BCUT2D eigenvalue weighted by Gasteiger charge is -2.10. The Balaban J connectivity index is 2.08. The molecule has 0 heterocycles. The minimum atomic E-state index is -0.660. The van der Waals surface area contributed by atoms with Gasteiger partial charge in [-0.05, 0) is 18.4 Å². The Morgan fingerprint density at radius 2 is 2.00 bits per heavy atom. The van der Waals surface area contributed by atoms with Gasteiger partial charge in [0.25, 0.3) is 0 Å². The van der Waals surface area contributed by atoms with Crippen LogP contribution in [0.4, 0.5) is 0 Å². The zero-order valence-electron chi connectivity index (χ0n) is 8.35. The number of aldehydes is 1. The van der Waals surface area contributed by atoms with E-state index in [1.165, 1.54) is 0 Å². The summed E-state index contributed by atoms with van der Waals surface area (Å²) in [6, 6.07) is 9.41. The van der Waals surface area contributed by atoms with Crippen LogP contribution in [0.2, 0.25) is 0 Å². The van der Waals surface area contributed by atoms with Gasteiger partial charge in [0.2, 0.25) is 5.91 Å². The molecule has 1 fully saturated rings. The first-order valence-electron chi connectivity index (χ1n) is 5.12. The summed E-state index contributed by atoms with van der Waals surface area (Å²) in [6.07, 6.45) is 2.77. The van der Waals surface area contributed by atoms with Crippen molar-refractivity contribution in [2.24, 2.45) is 0 Å². The minimum Gasteiger partial charge on any atom is -0.352 e. The van der Waals surface area contributed by atoms with E-state index in [4.69, 9.17) is 0 Å². The molecule has 0 saturated heterocycles. The lowest BCUT2D eigenvalue weighted by Crippen LogP contribution is -2.31. The number of nitrogens with one attached hydrogen (secondary N) is 1. The van der Waals surface area contributed by atoms with Gasteiger partial charge in [-0.1, -0.05) is 30.3 Å². The maximum absolute atomic E-state index is 11.7. The summed E-state index contributed by atoms with van der Waals surface area (Å²) in [5, 5.41) is 2.83. The smallest absolute Gasteiger partial charge is 0.234 e. The molecule has 1 unspecified atom stereocenters. The van der Waals surface area contributed by atoms with Crippen molar-refractivity contribution in [1.29, 1.82) is 0 Å². The average Bonchev–Trinajstić information content (AvgIpc) is 3.04. The van der Waals surface area contributed by atoms with Gasteiger partial charge in [-0.15, -0.1) is 0 Å². The van der Waals surface area contributed by atoms with Crippen LogP contribution in [-0.4, -0.2) is 18.2 Å². The van der Waals surface area contributed by atoms with Crippen molar-refractivity contribution in [3.05, 3.63) is 35.9 Å². The van der Waals surface area contributed by atoms with Gasteiger partial charge in [-0.2, -0.15) is 0 Å². The average molecular weight is 203 g/mol. The molecule has 3 heteroatoms. The molecule has 1 atom stereocenters. The summed E-state index contributed by atoms with van der Waals surface area (Å²) in [6.45, 7) is 0. The Hall–Kier alpha value is -1.64. The molecule has 3 nitrogen and oxygen atoms in total. The van der Waals surface area contributed by atoms with Crippen LogP contribution in [0.3, 0.4) is 0 Å². The Morgan fingerprint density at radius 3 is 2.53 bits per heavy atom. The van der Waals surface area contributed by atoms with Crippen molar-refractivity contribution in [2.45, 2.75) is 24.8 Å². The summed E-state index contributed by atoms with van der Waals surface area (Å²) in [4.78, 5) is 22.6. The summed E-state index contributed by atoms with van der Waals surface area (Å²) in [7, 11) is 0. The predicted molar refractivity (Wildman–Crippen MR) is 56.4 cm³/mol. The number of hydrogen-bond acceptors (Lipinski definition) is 2. The third-order valence-corrected chi connectivity index (χ3v) is 2.50. The number of carbonyl (C=O) groups is 2. The number of benzene rings is 1. The second-order valence-electron chi connectivity index (χ2n) is 3.81. The van der Waals surface area contributed by atoms with Gasteiger partial charge < -0.3 is 10.1 Å². The molecule has 0 spiro atoms. The molecule has 1 aliphatic carbocycles. The SMILES string of the molecule is O=CC(C(=O)NC1CC1)c1ccccc1. The quantitative estimate of drug-likeness (QED) is 0.591. The van der Waals surface area contributed by atoms with Crippen LogP contribution in [0.15, 0.2) is 30.3 Å². The van der Waals surface area contributed by atoms with Crippen molar-refractivity contribution >= 4 is 12.2 Å². The van der Waals surface area contributed by atoms with Crippen LogP contribution >= 0.6 is 0 Å². The van der Waals surface area contributed by atoms with E-state index in [9.17, 15) is 9.59 Å². The van der Waals surface area contributed by atoms with Crippen LogP contribution in [0, 0.1) is 0 Å². The normalized spacial score (nSPS) is 16.8. The lowest BCUT2D eigenvalue weighted by atomic mass is 10.00. The van der Waals surface area contributed by atoms with Crippen LogP contribution in [0.5, 0.6) is 0 Å². The predicted octanol–water partition coefficient (Wildman–Crippen LogP) is 1.25. The third-order valence-electron chi connectivity index (χ3n) is 2.50. The first-order valence-corrected chi connectivity index (χ1v) is 5.12. The van der Waals surface area contributed by atoms with Crippen molar-refractivity contribution in [3.8, 4) is 0 Å². The van der Waals surface area contributed by atoms with Gasteiger partial charge >= 0.3 is 0 Å². The largest absolute Gasteiger partial charge is 0.352 e. The molecular weight excluding hydrogens is 190 g/mol. The fourth-order valence-corrected chi connectivity index (χ4v) is 1.47. The highest BCUT2D eigenvalue weighted by molar-refractivity contribution is 5.97. The van der Waals surface area contributed by atoms with E-state index in [2.05, 4.69) is 5.32 Å². The fraction of sp³-hybridized carbons (Fsp3) is 0.333. The van der Waals surface area contributed by atoms with E-state index in [-0.39, 0.29) is 5.91 Å². The molecule has 78 valence electrons. The van der Waals surface area contributed by atoms with Crippen LogP contribution in [0.25, 0.3) is 0 Å². The molecule has 1 saturated carbocycles. The summed E-state index contributed by atoms with van der Waals surface area (Å²) in [5.74, 6) is -0.842. The molecular formula is C12H13NO2. The number of rotatable bonds is 4. The molecule has 1 aromatic carbocycles. The Morgan fingerprint density at radius 1 is 1.33 bits per heavy atom. The third kappa shape index (κ3) is 2.43. The van der Waals surface area contributed by atoms with Gasteiger partial charge in [0.1, 0.15) is 12.2 Å². The van der Waals surface area contributed by atoms with Gasteiger partial charge in [0.05, 0.1) is 0 Å². The Labute approximate surface area is 88.5 Å². The highest BCUT2D eigenvalue weighted by Crippen LogP contribution is 2.21. The maximum Gasteiger partial charge on any atom is 0.234 e. The Kier molecular flexibility index (Phi) is 2.81. The van der Waals surface area contributed by atoms with E-state index in [1.54, 1.807) is 12.1 Å². The first-order chi connectivity index (χ1) is 7.31. The standard InChI is InChI=1S/C12H13NO2/c14-8-11(9-4-2-1-3-5-9)12(15)13-10-6-7-10/h1-5,8,10-11H,6-7H2,(H,13,15). The number of carbonyl (C=O) groups excluding carboxylic acids is 2. The second-order valence-corrected chi connectivity index (χ2v) is 3.81. The summed E-state index contributed by atoms with van der Waals surface area (Å²) in [5.41, 5.74) is 0.755. The highest BCUT2D eigenvalue weighted by atomic mass is 16.2. The topological polar surface area (TPSA) is 46.2 Å². The van der Waals surface area contributed by atoms with Crippen molar-refractivity contribution in [3.63, 3.8) is 0 Å². The number of hydrogen-bond donors (Lipinski definition) is 1. The monoisotopic (exact) mass is 203 g/mol. The van der Waals surface area contributed by atoms with Crippen molar-refractivity contribution in [1.82, 2.24) is 5.32 Å². The molecule has 0 aromatic heterocycles. The van der Waals surface area contributed by atoms with E-state index in [1.807, 2.05) is 18.2 Å². The molecule has 0 bridgehead atoms. The summed E-state index contributed by atoms with van der Waals surface area (Å²) < 4.78 is 0. The van der Waals surface area contributed by atoms with Gasteiger partial charge in [0.15, 0.2) is 0 Å². The molecule has 0 aliphatic heterocycles. The van der Waals surface area contributed by atoms with E-state index >= 15 is 0 Å². The van der Waals surface area contributed by atoms with Gasteiger partial charge in [0, 0.05) is 6.04 Å². The number of amides is 1. The zero-order valence-corrected chi connectivity index (χ0v) is 8.35.